The number of nitrogens with zero attached hydrogens (tertiary/aromatic N) is 3. The molecule has 0 amide bonds. The van der Waals surface area contributed by atoms with Gasteiger partial charge in [-0.15, -0.1) is 0 Å². The standard InChI is InChI=1S/C13H15ClN4O2/c1-17(6-8-5-16-18(2)7-8)12-10(13(19)20)3-9(15)4-11(12)14/h3-5,7H,6,15H2,1-2H3,(H,19,20). The summed E-state index contributed by atoms with van der Waals surface area (Å²) in [5.41, 5.74) is 7.45. The van der Waals surface area contributed by atoms with E-state index in [4.69, 9.17) is 17.3 Å². The van der Waals surface area contributed by atoms with Gasteiger partial charge in [0.05, 0.1) is 22.5 Å². The van der Waals surface area contributed by atoms with E-state index in [9.17, 15) is 9.90 Å². The molecule has 0 radical (unpaired) electrons. The number of nitrogens with two attached hydrogens (primary N) is 1. The number of hydrogen-bond donors (Lipinski definition) is 2. The van der Waals surface area contributed by atoms with Crippen LogP contribution in [0.1, 0.15) is 15.9 Å². The molecular weight excluding hydrogens is 280 g/mol. The Morgan fingerprint density at radius 2 is 2.25 bits per heavy atom. The Balaban J connectivity index is 2.38. The van der Waals surface area contributed by atoms with Crippen molar-refractivity contribution in [3.63, 3.8) is 0 Å². The molecule has 0 aliphatic rings. The second-order valence-electron chi connectivity index (χ2n) is 4.58. The van der Waals surface area contributed by atoms with Crippen LogP contribution in [0.3, 0.4) is 0 Å². The van der Waals surface area contributed by atoms with Gasteiger partial charge in [-0.05, 0) is 12.1 Å². The van der Waals surface area contributed by atoms with Crippen molar-refractivity contribution in [1.82, 2.24) is 9.78 Å². The maximum Gasteiger partial charge on any atom is 0.337 e. The molecule has 0 unspecified atom stereocenters. The minimum Gasteiger partial charge on any atom is -0.478 e. The summed E-state index contributed by atoms with van der Waals surface area (Å²) in [7, 11) is 3.60. The van der Waals surface area contributed by atoms with Gasteiger partial charge in [0.25, 0.3) is 0 Å². The maximum absolute atomic E-state index is 11.3. The molecule has 0 aliphatic carbocycles. The second-order valence-corrected chi connectivity index (χ2v) is 4.99. The van der Waals surface area contributed by atoms with Crippen molar-refractivity contribution in [3.05, 3.63) is 40.7 Å². The average Bonchev–Trinajstić information content (AvgIpc) is 2.73. The fourth-order valence-corrected chi connectivity index (χ4v) is 2.45. The number of rotatable bonds is 4. The lowest BCUT2D eigenvalue weighted by molar-refractivity contribution is 0.0697. The van der Waals surface area contributed by atoms with Crippen LogP contribution in [0.25, 0.3) is 0 Å². The first-order chi connectivity index (χ1) is 9.38. The molecule has 0 saturated carbocycles. The summed E-state index contributed by atoms with van der Waals surface area (Å²) < 4.78 is 1.69. The number of carboxylic acids is 1. The van der Waals surface area contributed by atoms with Gasteiger partial charge in [0.2, 0.25) is 0 Å². The molecule has 0 atom stereocenters. The van der Waals surface area contributed by atoms with Gasteiger partial charge in [0.1, 0.15) is 0 Å². The van der Waals surface area contributed by atoms with E-state index in [1.165, 1.54) is 6.07 Å². The number of aryl methyl sites for hydroxylation is 1. The highest BCUT2D eigenvalue weighted by molar-refractivity contribution is 6.34. The summed E-state index contributed by atoms with van der Waals surface area (Å²) in [6.45, 7) is 0.498. The van der Waals surface area contributed by atoms with Gasteiger partial charge in [-0.25, -0.2) is 4.79 Å². The number of halogens is 1. The van der Waals surface area contributed by atoms with Gasteiger partial charge in [0.15, 0.2) is 0 Å². The number of carboxylic acid groups (broad SMARTS) is 1. The molecule has 0 aliphatic heterocycles. The van der Waals surface area contributed by atoms with Gasteiger partial charge in [0, 0.05) is 38.1 Å². The van der Waals surface area contributed by atoms with Crippen molar-refractivity contribution in [2.75, 3.05) is 17.7 Å². The lowest BCUT2D eigenvalue weighted by Gasteiger charge is -2.22. The van der Waals surface area contributed by atoms with E-state index >= 15 is 0 Å². The molecule has 2 rings (SSSR count). The van der Waals surface area contributed by atoms with E-state index in [1.807, 2.05) is 13.2 Å². The van der Waals surface area contributed by atoms with Crippen LogP contribution in [-0.2, 0) is 13.6 Å². The molecule has 0 bridgehead atoms. The van der Waals surface area contributed by atoms with Crippen LogP contribution in [0.5, 0.6) is 0 Å². The molecule has 0 spiro atoms. The van der Waals surface area contributed by atoms with Gasteiger partial charge in [-0.2, -0.15) is 5.10 Å². The van der Waals surface area contributed by atoms with E-state index in [-0.39, 0.29) is 5.56 Å². The lowest BCUT2D eigenvalue weighted by Crippen LogP contribution is -2.20. The van der Waals surface area contributed by atoms with Crippen molar-refractivity contribution in [2.24, 2.45) is 7.05 Å². The molecule has 6 nitrogen and oxygen atoms in total. The molecule has 1 aromatic heterocycles. The molecule has 20 heavy (non-hydrogen) atoms. The second kappa shape index (κ2) is 5.42. The summed E-state index contributed by atoms with van der Waals surface area (Å²) in [5, 5.41) is 13.7. The zero-order chi connectivity index (χ0) is 14.9. The summed E-state index contributed by atoms with van der Waals surface area (Å²) in [4.78, 5) is 13.1. The molecule has 1 aromatic carbocycles. The fourth-order valence-electron chi connectivity index (χ4n) is 2.08. The van der Waals surface area contributed by atoms with Crippen molar-refractivity contribution < 1.29 is 9.90 Å². The van der Waals surface area contributed by atoms with Crippen LogP contribution in [0.4, 0.5) is 11.4 Å². The van der Waals surface area contributed by atoms with Crippen molar-refractivity contribution in [3.8, 4) is 0 Å². The Morgan fingerprint density at radius 1 is 1.55 bits per heavy atom. The highest BCUT2D eigenvalue weighted by Crippen LogP contribution is 2.32. The average molecular weight is 295 g/mol. The Kier molecular flexibility index (Phi) is 3.85. The third kappa shape index (κ3) is 2.85. The largest absolute Gasteiger partial charge is 0.478 e. The van der Waals surface area contributed by atoms with Crippen LogP contribution >= 0.6 is 11.6 Å². The normalized spacial score (nSPS) is 10.6. The van der Waals surface area contributed by atoms with Gasteiger partial charge >= 0.3 is 5.97 Å². The third-order valence-electron chi connectivity index (χ3n) is 2.88. The molecule has 1 heterocycles. The van der Waals surface area contributed by atoms with Crippen molar-refractivity contribution in [1.29, 1.82) is 0 Å². The highest BCUT2D eigenvalue weighted by Gasteiger charge is 2.18. The smallest absolute Gasteiger partial charge is 0.337 e. The summed E-state index contributed by atoms with van der Waals surface area (Å²) in [5.74, 6) is -1.06. The quantitative estimate of drug-likeness (QED) is 0.843. The van der Waals surface area contributed by atoms with Crippen molar-refractivity contribution >= 4 is 28.9 Å². The molecule has 106 valence electrons. The number of anilines is 2. The number of nitrogen functional groups attached to an aromatic ring is 1. The Bertz CT molecular complexity index is 654. The summed E-state index contributed by atoms with van der Waals surface area (Å²) in [6, 6.07) is 2.95. The van der Waals surface area contributed by atoms with Crippen LogP contribution < -0.4 is 10.6 Å². The van der Waals surface area contributed by atoms with Gasteiger partial charge in [-0.3, -0.25) is 4.68 Å². The zero-order valence-corrected chi connectivity index (χ0v) is 11.9. The minimum absolute atomic E-state index is 0.0846. The Labute approximate surface area is 121 Å². The number of carbonyl (C=O) groups is 1. The van der Waals surface area contributed by atoms with E-state index in [1.54, 1.807) is 28.9 Å². The summed E-state index contributed by atoms with van der Waals surface area (Å²) >= 11 is 6.14. The maximum atomic E-state index is 11.3. The molecular formula is C13H15ClN4O2. The predicted molar refractivity (Wildman–Crippen MR) is 78.1 cm³/mol. The Hall–Kier alpha value is -2.21. The van der Waals surface area contributed by atoms with E-state index in [0.29, 0.717) is 22.9 Å². The molecule has 2 aromatic rings. The molecule has 3 N–H and O–H groups in total. The van der Waals surface area contributed by atoms with E-state index < -0.39 is 5.97 Å². The molecule has 0 saturated heterocycles. The number of aromatic nitrogens is 2. The van der Waals surface area contributed by atoms with Crippen LogP contribution in [0.15, 0.2) is 24.5 Å². The third-order valence-corrected chi connectivity index (χ3v) is 3.16. The molecule has 7 heteroatoms. The van der Waals surface area contributed by atoms with E-state index in [2.05, 4.69) is 5.10 Å². The predicted octanol–water partition coefficient (Wildman–Crippen LogP) is 1.99. The fraction of sp³-hybridized carbons (Fsp3) is 0.231. The number of aromatic carboxylic acids is 1. The van der Waals surface area contributed by atoms with Gasteiger partial charge < -0.3 is 15.7 Å². The first-order valence-electron chi connectivity index (χ1n) is 5.89. The summed E-state index contributed by atoms with van der Waals surface area (Å²) in [6.07, 6.45) is 3.59. The highest BCUT2D eigenvalue weighted by atomic mass is 35.5. The SMILES string of the molecule is CN(Cc1cnn(C)c1)c1c(Cl)cc(N)cc1C(=O)O. The first kappa shape index (κ1) is 14.2. The van der Waals surface area contributed by atoms with Crippen molar-refractivity contribution in [2.45, 2.75) is 6.54 Å². The Morgan fingerprint density at radius 3 is 2.80 bits per heavy atom. The number of benzene rings is 1. The minimum atomic E-state index is -1.06. The monoisotopic (exact) mass is 294 g/mol. The topological polar surface area (TPSA) is 84.4 Å². The lowest BCUT2D eigenvalue weighted by atomic mass is 10.1. The van der Waals surface area contributed by atoms with Crippen LogP contribution in [0.2, 0.25) is 5.02 Å². The van der Waals surface area contributed by atoms with Gasteiger partial charge in [-0.1, -0.05) is 11.6 Å². The van der Waals surface area contributed by atoms with E-state index in [0.717, 1.165) is 5.56 Å². The first-order valence-corrected chi connectivity index (χ1v) is 6.27. The van der Waals surface area contributed by atoms with Crippen LogP contribution in [-0.4, -0.2) is 27.9 Å². The molecule has 0 fully saturated rings. The zero-order valence-electron chi connectivity index (χ0n) is 11.2. The van der Waals surface area contributed by atoms with Crippen LogP contribution in [0, 0.1) is 0 Å². The number of hydrogen-bond acceptors (Lipinski definition) is 4.